The molecule has 0 aliphatic heterocycles. The molecule has 0 radical (unpaired) electrons. The maximum atomic E-state index is 11.2. The normalized spacial score (nSPS) is 10.1. The molecule has 0 unspecified atom stereocenters. The van der Waals surface area contributed by atoms with Crippen molar-refractivity contribution in [2.24, 2.45) is 5.73 Å². The molecule has 5 heteroatoms. The summed E-state index contributed by atoms with van der Waals surface area (Å²) >= 11 is 5.76. The average Bonchev–Trinajstić information content (AvgIpc) is 2.29. The van der Waals surface area contributed by atoms with Gasteiger partial charge in [-0.25, -0.2) is 9.97 Å². The van der Waals surface area contributed by atoms with E-state index in [0.29, 0.717) is 22.0 Å². The third-order valence-corrected chi connectivity index (χ3v) is 2.31. The van der Waals surface area contributed by atoms with E-state index in [1.165, 1.54) is 6.33 Å². The third-order valence-electron chi connectivity index (χ3n) is 2.10. The standard InChI is InChI=1S/C11H8ClN3O/c12-10-5-9(14-6-15-10)7-3-1-2-4-8(7)11(13)16/h1-6H,(H2,13,16). The smallest absolute Gasteiger partial charge is 0.249 e. The minimum Gasteiger partial charge on any atom is -0.366 e. The van der Waals surface area contributed by atoms with Crippen LogP contribution in [0.25, 0.3) is 11.3 Å². The van der Waals surface area contributed by atoms with Crippen molar-refractivity contribution in [3.63, 3.8) is 0 Å². The quantitative estimate of drug-likeness (QED) is 0.806. The van der Waals surface area contributed by atoms with E-state index in [4.69, 9.17) is 17.3 Å². The average molecular weight is 234 g/mol. The van der Waals surface area contributed by atoms with Gasteiger partial charge in [0.2, 0.25) is 5.91 Å². The Bertz CT molecular complexity index is 542. The van der Waals surface area contributed by atoms with E-state index in [2.05, 4.69) is 9.97 Å². The highest BCUT2D eigenvalue weighted by atomic mass is 35.5. The Morgan fingerprint density at radius 1 is 1.25 bits per heavy atom. The van der Waals surface area contributed by atoms with E-state index in [9.17, 15) is 4.79 Å². The van der Waals surface area contributed by atoms with Gasteiger partial charge in [0.15, 0.2) is 0 Å². The summed E-state index contributed by atoms with van der Waals surface area (Å²) in [4.78, 5) is 19.1. The van der Waals surface area contributed by atoms with Crippen molar-refractivity contribution in [3.8, 4) is 11.3 Å². The van der Waals surface area contributed by atoms with Crippen LogP contribution in [0.5, 0.6) is 0 Å². The summed E-state index contributed by atoms with van der Waals surface area (Å²) in [6, 6.07) is 8.54. The molecule has 16 heavy (non-hydrogen) atoms. The largest absolute Gasteiger partial charge is 0.366 e. The summed E-state index contributed by atoms with van der Waals surface area (Å²) < 4.78 is 0. The van der Waals surface area contributed by atoms with E-state index in [0.717, 1.165) is 0 Å². The number of halogens is 1. The molecular formula is C11H8ClN3O. The first-order valence-corrected chi connectivity index (χ1v) is 4.93. The highest BCUT2D eigenvalue weighted by Gasteiger charge is 2.10. The van der Waals surface area contributed by atoms with Crippen LogP contribution in [0.2, 0.25) is 5.15 Å². The Morgan fingerprint density at radius 3 is 2.69 bits per heavy atom. The van der Waals surface area contributed by atoms with Gasteiger partial charge < -0.3 is 5.73 Å². The molecular weight excluding hydrogens is 226 g/mol. The highest BCUT2D eigenvalue weighted by Crippen LogP contribution is 2.22. The fourth-order valence-corrected chi connectivity index (χ4v) is 1.55. The number of rotatable bonds is 2. The van der Waals surface area contributed by atoms with Gasteiger partial charge in [-0.2, -0.15) is 0 Å². The summed E-state index contributed by atoms with van der Waals surface area (Å²) in [5.74, 6) is -0.495. The van der Waals surface area contributed by atoms with Crippen molar-refractivity contribution in [3.05, 3.63) is 47.4 Å². The Hall–Kier alpha value is -1.94. The molecule has 0 aliphatic rings. The monoisotopic (exact) mass is 233 g/mol. The molecule has 1 heterocycles. The maximum absolute atomic E-state index is 11.2. The number of amides is 1. The molecule has 2 N–H and O–H groups in total. The molecule has 0 saturated carbocycles. The third kappa shape index (κ3) is 2.01. The number of carbonyl (C=O) groups excluding carboxylic acids is 1. The maximum Gasteiger partial charge on any atom is 0.249 e. The predicted octanol–water partition coefficient (Wildman–Crippen LogP) is 1.90. The molecule has 0 fully saturated rings. The van der Waals surface area contributed by atoms with E-state index in [-0.39, 0.29) is 0 Å². The van der Waals surface area contributed by atoms with Gasteiger partial charge in [-0.05, 0) is 6.07 Å². The zero-order chi connectivity index (χ0) is 11.5. The molecule has 0 aliphatic carbocycles. The predicted molar refractivity (Wildman–Crippen MR) is 61.0 cm³/mol. The van der Waals surface area contributed by atoms with Crippen molar-refractivity contribution in [1.29, 1.82) is 0 Å². The molecule has 1 aromatic carbocycles. The Labute approximate surface area is 97.1 Å². The number of carbonyl (C=O) groups is 1. The molecule has 80 valence electrons. The van der Waals surface area contributed by atoms with Crippen LogP contribution >= 0.6 is 11.6 Å². The summed E-state index contributed by atoms with van der Waals surface area (Å²) in [7, 11) is 0. The molecule has 0 bridgehead atoms. The van der Waals surface area contributed by atoms with Gasteiger partial charge in [-0.1, -0.05) is 29.8 Å². The number of hydrogen-bond donors (Lipinski definition) is 1. The number of hydrogen-bond acceptors (Lipinski definition) is 3. The van der Waals surface area contributed by atoms with Gasteiger partial charge >= 0.3 is 0 Å². The Morgan fingerprint density at radius 2 is 2.00 bits per heavy atom. The van der Waals surface area contributed by atoms with Gasteiger partial charge in [0.25, 0.3) is 0 Å². The second-order valence-corrected chi connectivity index (χ2v) is 3.52. The number of primary amides is 1. The van der Waals surface area contributed by atoms with Crippen LogP contribution < -0.4 is 5.73 Å². The molecule has 2 rings (SSSR count). The second-order valence-electron chi connectivity index (χ2n) is 3.14. The van der Waals surface area contributed by atoms with Gasteiger partial charge in [0.1, 0.15) is 11.5 Å². The lowest BCUT2D eigenvalue weighted by molar-refractivity contribution is 0.100. The van der Waals surface area contributed by atoms with E-state index in [1.807, 2.05) is 0 Å². The minimum atomic E-state index is -0.495. The van der Waals surface area contributed by atoms with E-state index >= 15 is 0 Å². The van der Waals surface area contributed by atoms with Gasteiger partial charge in [0.05, 0.1) is 5.69 Å². The molecule has 1 amide bonds. The van der Waals surface area contributed by atoms with Crippen LogP contribution in [0, 0.1) is 0 Å². The highest BCUT2D eigenvalue weighted by molar-refractivity contribution is 6.29. The van der Waals surface area contributed by atoms with Crippen LogP contribution in [0.1, 0.15) is 10.4 Å². The fourth-order valence-electron chi connectivity index (χ4n) is 1.40. The van der Waals surface area contributed by atoms with Crippen LogP contribution in [0.15, 0.2) is 36.7 Å². The lowest BCUT2D eigenvalue weighted by Gasteiger charge is -2.05. The van der Waals surface area contributed by atoms with Crippen molar-refractivity contribution >= 4 is 17.5 Å². The SMILES string of the molecule is NC(=O)c1ccccc1-c1cc(Cl)ncn1. The zero-order valence-electron chi connectivity index (χ0n) is 8.22. The number of nitrogens with zero attached hydrogens (tertiary/aromatic N) is 2. The number of aromatic nitrogens is 2. The fraction of sp³-hybridized carbons (Fsp3) is 0. The van der Waals surface area contributed by atoms with Crippen LogP contribution in [0.3, 0.4) is 0 Å². The van der Waals surface area contributed by atoms with Crippen LogP contribution in [0.4, 0.5) is 0 Å². The summed E-state index contributed by atoms with van der Waals surface area (Å²) in [5.41, 5.74) is 6.92. The lowest BCUT2D eigenvalue weighted by Crippen LogP contribution is -2.12. The van der Waals surface area contributed by atoms with Crippen LogP contribution in [-0.2, 0) is 0 Å². The molecule has 4 nitrogen and oxygen atoms in total. The van der Waals surface area contributed by atoms with E-state index in [1.54, 1.807) is 30.3 Å². The molecule has 1 aromatic heterocycles. The number of benzene rings is 1. The minimum absolute atomic E-state index is 0.323. The second kappa shape index (κ2) is 4.28. The zero-order valence-corrected chi connectivity index (χ0v) is 8.98. The first-order valence-electron chi connectivity index (χ1n) is 4.55. The van der Waals surface area contributed by atoms with Gasteiger partial charge in [0, 0.05) is 17.2 Å². The topological polar surface area (TPSA) is 68.9 Å². The molecule has 0 saturated heterocycles. The summed E-state index contributed by atoms with van der Waals surface area (Å²) in [6.07, 6.45) is 1.34. The first-order chi connectivity index (χ1) is 7.68. The summed E-state index contributed by atoms with van der Waals surface area (Å²) in [6.45, 7) is 0. The Kier molecular flexibility index (Phi) is 2.83. The Balaban J connectivity index is 2.60. The van der Waals surface area contributed by atoms with Crippen molar-refractivity contribution in [2.75, 3.05) is 0 Å². The van der Waals surface area contributed by atoms with E-state index < -0.39 is 5.91 Å². The number of nitrogens with two attached hydrogens (primary N) is 1. The first kappa shape index (κ1) is 10.6. The van der Waals surface area contributed by atoms with Gasteiger partial charge in [-0.15, -0.1) is 0 Å². The molecule has 2 aromatic rings. The van der Waals surface area contributed by atoms with Crippen molar-refractivity contribution in [1.82, 2.24) is 9.97 Å². The summed E-state index contributed by atoms with van der Waals surface area (Å²) in [5, 5.41) is 0.323. The molecule has 0 spiro atoms. The van der Waals surface area contributed by atoms with Crippen molar-refractivity contribution < 1.29 is 4.79 Å². The van der Waals surface area contributed by atoms with Crippen molar-refractivity contribution in [2.45, 2.75) is 0 Å². The van der Waals surface area contributed by atoms with Gasteiger partial charge in [-0.3, -0.25) is 4.79 Å². The van der Waals surface area contributed by atoms with Crippen LogP contribution in [-0.4, -0.2) is 15.9 Å². The lowest BCUT2D eigenvalue weighted by atomic mass is 10.0. The molecule has 0 atom stereocenters.